The first-order chi connectivity index (χ1) is 15.5. The van der Waals surface area contributed by atoms with Crippen molar-refractivity contribution in [1.82, 2.24) is 29.5 Å². The van der Waals surface area contributed by atoms with E-state index in [4.69, 9.17) is 15.5 Å². The summed E-state index contributed by atoms with van der Waals surface area (Å²) in [5.74, 6) is 2.08. The third-order valence-electron chi connectivity index (χ3n) is 5.94. The third kappa shape index (κ3) is 4.57. The van der Waals surface area contributed by atoms with Crippen molar-refractivity contribution in [3.8, 4) is 11.9 Å². The Hall–Kier alpha value is -3.45. The fourth-order valence-corrected chi connectivity index (χ4v) is 3.93. The zero-order valence-corrected chi connectivity index (χ0v) is 18.7. The maximum Gasteiger partial charge on any atom is 0.241 e. The SMILES string of the molecule is CC(C)N1CCC(COc2nc([C@H](C)Nc3ncnc(N)c3C#N)nn3cccc23)CC1. The number of likely N-dealkylation sites (tertiary alicyclic amines) is 1. The van der Waals surface area contributed by atoms with Crippen LogP contribution in [0, 0.1) is 17.2 Å². The van der Waals surface area contributed by atoms with Gasteiger partial charge in [-0.15, -0.1) is 0 Å². The topological polar surface area (TPSA) is 130 Å². The van der Waals surface area contributed by atoms with Crippen molar-refractivity contribution in [2.24, 2.45) is 5.92 Å². The lowest BCUT2D eigenvalue weighted by Crippen LogP contribution is -2.39. The molecule has 1 saturated heterocycles. The number of hydrogen-bond donors (Lipinski definition) is 2. The molecule has 0 spiro atoms. The van der Waals surface area contributed by atoms with E-state index in [2.05, 4.69) is 39.1 Å². The van der Waals surface area contributed by atoms with Gasteiger partial charge in [-0.05, 0) is 64.8 Å². The third-order valence-corrected chi connectivity index (χ3v) is 5.94. The number of fused-ring (bicyclic) bond motifs is 1. The molecule has 0 aromatic carbocycles. The molecular formula is C22H29N9O. The number of nitrogens with two attached hydrogens (primary N) is 1. The first-order valence-corrected chi connectivity index (χ1v) is 11.0. The number of piperidine rings is 1. The Balaban J connectivity index is 1.50. The van der Waals surface area contributed by atoms with Gasteiger partial charge in [-0.1, -0.05) is 0 Å². The zero-order valence-electron chi connectivity index (χ0n) is 18.7. The van der Waals surface area contributed by atoms with Crippen LogP contribution < -0.4 is 15.8 Å². The number of rotatable bonds is 7. The van der Waals surface area contributed by atoms with E-state index in [-0.39, 0.29) is 17.4 Å². The van der Waals surface area contributed by atoms with Crippen molar-refractivity contribution in [3.05, 3.63) is 36.0 Å². The lowest BCUT2D eigenvalue weighted by atomic mass is 9.97. The van der Waals surface area contributed by atoms with Crippen LogP contribution in [0.1, 0.15) is 51.0 Å². The molecule has 1 fully saturated rings. The van der Waals surface area contributed by atoms with Gasteiger partial charge in [0.25, 0.3) is 0 Å². The molecule has 168 valence electrons. The van der Waals surface area contributed by atoms with Crippen LogP contribution >= 0.6 is 0 Å². The number of nitriles is 1. The average Bonchev–Trinajstić information content (AvgIpc) is 3.27. The summed E-state index contributed by atoms with van der Waals surface area (Å²) >= 11 is 0. The number of aromatic nitrogens is 5. The van der Waals surface area contributed by atoms with Crippen LogP contribution in [0.3, 0.4) is 0 Å². The summed E-state index contributed by atoms with van der Waals surface area (Å²) in [6, 6.07) is 6.15. The molecule has 10 heteroatoms. The monoisotopic (exact) mass is 435 g/mol. The van der Waals surface area contributed by atoms with Gasteiger partial charge in [-0.2, -0.15) is 15.3 Å². The smallest absolute Gasteiger partial charge is 0.241 e. The largest absolute Gasteiger partial charge is 0.476 e. The van der Waals surface area contributed by atoms with Crippen molar-refractivity contribution in [2.75, 3.05) is 30.7 Å². The highest BCUT2D eigenvalue weighted by Crippen LogP contribution is 2.25. The minimum atomic E-state index is -0.333. The van der Waals surface area contributed by atoms with Gasteiger partial charge in [0, 0.05) is 12.2 Å². The minimum Gasteiger partial charge on any atom is -0.476 e. The van der Waals surface area contributed by atoms with E-state index in [1.807, 2.05) is 31.3 Å². The summed E-state index contributed by atoms with van der Waals surface area (Å²) in [4.78, 5) is 15.2. The highest BCUT2D eigenvalue weighted by Gasteiger charge is 2.23. The minimum absolute atomic E-state index is 0.131. The molecule has 1 atom stereocenters. The molecule has 0 unspecified atom stereocenters. The number of nitrogens with zero attached hydrogens (tertiary/aromatic N) is 7. The number of hydrogen-bond acceptors (Lipinski definition) is 9. The Kier molecular flexibility index (Phi) is 6.37. The van der Waals surface area contributed by atoms with Gasteiger partial charge in [0.2, 0.25) is 5.88 Å². The molecule has 0 bridgehead atoms. The standard InChI is InChI=1S/C22H29N9O/c1-14(2)30-9-6-16(7-10-30)12-32-22-18-5-4-8-31(18)29-20(28-22)15(3)27-21-17(11-23)19(24)25-13-26-21/h4-5,8,13-16H,6-7,9-10,12H2,1-3H3,(H3,24,25,26,27)/t15-/m0/s1. The van der Waals surface area contributed by atoms with Crippen LogP contribution in [-0.4, -0.2) is 55.2 Å². The van der Waals surface area contributed by atoms with E-state index in [0.717, 1.165) is 31.4 Å². The molecule has 3 aromatic heterocycles. The molecule has 4 rings (SSSR count). The molecule has 3 aromatic rings. The molecular weight excluding hydrogens is 406 g/mol. The van der Waals surface area contributed by atoms with Crippen LogP contribution in [0.5, 0.6) is 5.88 Å². The first kappa shape index (κ1) is 21.8. The quantitative estimate of drug-likeness (QED) is 0.575. The van der Waals surface area contributed by atoms with Crippen LogP contribution in [0.15, 0.2) is 24.7 Å². The summed E-state index contributed by atoms with van der Waals surface area (Å²) in [7, 11) is 0. The van der Waals surface area contributed by atoms with E-state index in [1.54, 1.807) is 4.52 Å². The van der Waals surface area contributed by atoms with Crippen LogP contribution in [-0.2, 0) is 0 Å². The van der Waals surface area contributed by atoms with E-state index in [9.17, 15) is 5.26 Å². The second-order valence-electron chi connectivity index (χ2n) is 8.46. The average molecular weight is 436 g/mol. The van der Waals surface area contributed by atoms with E-state index >= 15 is 0 Å². The molecule has 32 heavy (non-hydrogen) atoms. The first-order valence-electron chi connectivity index (χ1n) is 11.0. The van der Waals surface area contributed by atoms with E-state index in [0.29, 0.717) is 36.1 Å². The molecule has 10 nitrogen and oxygen atoms in total. The van der Waals surface area contributed by atoms with Gasteiger partial charge in [0.15, 0.2) is 5.82 Å². The predicted octanol–water partition coefficient (Wildman–Crippen LogP) is 2.65. The lowest BCUT2D eigenvalue weighted by molar-refractivity contribution is 0.117. The second-order valence-corrected chi connectivity index (χ2v) is 8.46. The molecule has 0 aliphatic carbocycles. The van der Waals surface area contributed by atoms with Gasteiger partial charge in [-0.3, -0.25) is 0 Å². The Morgan fingerprint density at radius 2 is 2.06 bits per heavy atom. The van der Waals surface area contributed by atoms with Gasteiger partial charge >= 0.3 is 0 Å². The zero-order chi connectivity index (χ0) is 22.7. The van der Waals surface area contributed by atoms with Gasteiger partial charge < -0.3 is 20.7 Å². The molecule has 0 radical (unpaired) electrons. The van der Waals surface area contributed by atoms with Gasteiger partial charge in [-0.25, -0.2) is 14.5 Å². The van der Waals surface area contributed by atoms with Crippen LogP contribution in [0.4, 0.5) is 11.6 Å². The summed E-state index contributed by atoms with van der Waals surface area (Å²) in [6.07, 6.45) is 5.43. The van der Waals surface area contributed by atoms with Crippen LogP contribution in [0.25, 0.3) is 5.52 Å². The maximum absolute atomic E-state index is 9.37. The Morgan fingerprint density at radius 3 is 2.78 bits per heavy atom. The molecule has 0 saturated carbocycles. The van der Waals surface area contributed by atoms with Crippen molar-refractivity contribution in [2.45, 2.75) is 45.7 Å². The number of ether oxygens (including phenoxy) is 1. The summed E-state index contributed by atoms with van der Waals surface area (Å²) in [5, 5.41) is 17.1. The van der Waals surface area contributed by atoms with Gasteiger partial charge in [0.05, 0.1) is 12.6 Å². The second kappa shape index (κ2) is 9.36. The molecule has 0 amide bonds. The Morgan fingerprint density at radius 1 is 1.28 bits per heavy atom. The summed E-state index contributed by atoms with van der Waals surface area (Å²) in [6.45, 7) is 9.22. The fraction of sp³-hybridized carbons (Fsp3) is 0.500. The lowest BCUT2D eigenvalue weighted by Gasteiger charge is -2.34. The van der Waals surface area contributed by atoms with E-state index in [1.165, 1.54) is 6.33 Å². The molecule has 1 aliphatic heterocycles. The van der Waals surface area contributed by atoms with Crippen molar-refractivity contribution in [1.29, 1.82) is 5.26 Å². The highest BCUT2D eigenvalue weighted by atomic mass is 16.5. The maximum atomic E-state index is 9.37. The van der Waals surface area contributed by atoms with E-state index < -0.39 is 0 Å². The predicted molar refractivity (Wildman–Crippen MR) is 121 cm³/mol. The molecule has 4 heterocycles. The van der Waals surface area contributed by atoms with Gasteiger partial charge in [0.1, 0.15) is 35.1 Å². The van der Waals surface area contributed by atoms with Crippen molar-refractivity contribution >= 4 is 17.2 Å². The Labute approximate surface area is 187 Å². The van der Waals surface area contributed by atoms with Crippen molar-refractivity contribution < 1.29 is 4.74 Å². The van der Waals surface area contributed by atoms with Crippen molar-refractivity contribution in [3.63, 3.8) is 0 Å². The Bertz CT molecular complexity index is 1110. The fourth-order valence-electron chi connectivity index (χ4n) is 3.93. The number of anilines is 2. The normalized spacial score (nSPS) is 16.2. The molecule has 1 aliphatic rings. The summed E-state index contributed by atoms with van der Waals surface area (Å²) < 4.78 is 7.96. The number of nitrogens with one attached hydrogen (secondary N) is 1. The van der Waals surface area contributed by atoms with Crippen LogP contribution in [0.2, 0.25) is 0 Å². The number of nitrogen functional groups attached to an aromatic ring is 1. The summed E-state index contributed by atoms with van der Waals surface area (Å²) in [5.41, 5.74) is 6.82. The molecule has 3 N–H and O–H groups in total. The highest BCUT2D eigenvalue weighted by molar-refractivity contribution is 5.62.